The minimum atomic E-state index is -0.149. The molecule has 0 aliphatic carbocycles. The van der Waals surface area contributed by atoms with Crippen LogP contribution in [0, 0.1) is 0 Å². The Morgan fingerprint density at radius 1 is 0.926 bits per heavy atom. The van der Waals surface area contributed by atoms with Gasteiger partial charge in [-0.05, 0) is 31.5 Å². The molecular weight excluding hydrogens is 346 g/mol. The molecule has 1 heterocycles. The SMILES string of the molecule is CCOc1cc2c(cc1OCC)[C@H](c1ccc(OC)cc1OC)CC(=O)N2. The number of hydrogen-bond donors (Lipinski definition) is 1. The summed E-state index contributed by atoms with van der Waals surface area (Å²) in [5.74, 6) is 2.50. The van der Waals surface area contributed by atoms with E-state index in [2.05, 4.69) is 5.32 Å². The second-order valence-electron chi connectivity index (χ2n) is 6.16. The van der Waals surface area contributed by atoms with Crippen molar-refractivity contribution in [3.05, 3.63) is 41.5 Å². The first-order chi connectivity index (χ1) is 13.1. The van der Waals surface area contributed by atoms with Crippen molar-refractivity contribution < 1.29 is 23.7 Å². The Bertz CT molecular complexity index is 834. The maximum atomic E-state index is 12.4. The van der Waals surface area contributed by atoms with Crippen LogP contribution in [-0.4, -0.2) is 33.3 Å². The molecule has 6 heteroatoms. The molecule has 3 rings (SSSR count). The number of amides is 1. The third-order valence-electron chi connectivity index (χ3n) is 4.57. The van der Waals surface area contributed by atoms with E-state index in [0.717, 1.165) is 16.8 Å². The minimum Gasteiger partial charge on any atom is -0.497 e. The third kappa shape index (κ3) is 3.79. The summed E-state index contributed by atoms with van der Waals surface area (Å²) in [5, 5.41) is 2.95. The lowest BCUT2D eigenvalue weighted by Crippen LogP contribution is -2.24. The van der Waals surface area contributed by atoms with Crippen molar-refractivity contribution >= 4 is 11.6 Å². The Balaban J connectivity index is 2.12. The summed E-state index contributed by atoms with van der Waals surface area (Å²) in [7, 11) is 3.23. The van der Waals surface area contributed by atoms with Crippen molar-refractivity contribution in [1.29, 1.82) is 0 Å². The first-order valence-electron chi connectivity index (χ1n) is 9.06. The average Bonchev–Trinajstić information content (AvgIpc) is 2.68. The van der Waals surface area contributed by atoms with Gasteiger partial charge in [-0.1, -0.05) is 6.07 Å². The van der Waals surface area contributed by atoms with Crippen molar-refractivity contribution in [3.8, 4) is 23.0 Å². The number of carbonyl (C=O) groups excluding carboxylic acids is 1. The van der Waals surface area contributed by atoms with Gasteiger partial charge in [0.1, 0.15) is 11.5 Å². The molecule has 1 atom stereocenters. The molecule has 1 amide bonds. The average molecular weight is 371 g/mol. The fraction of sp³-hybridized carbons (Fsp3) is 0.381. The summed E-state index contributed by atoms with van der Waals surface area (Å²) >= 11 is 0. The fourth-order valence-electron chi connectivity index (χ4n) is 3.39. The molecule has 6 nitrogen and oxygen atoms in total. The number of fused-ring (bicyclic) bond motifs is 1. The van der Waals surface area contributed by atoms with Crippen molar-refractivity contribution in [2.45, 2.75) is 26.2 Å². The molecular formula is C21H25NO5. The summed E-state index contributed by atoms with van der Waals surface area (Å²) in [6.07, 6.45) is 0.329. The van der Waals surface area contributed by atoms with Crippen LogP contribution in [0.4, 0.5) is 5.69 Å². The van der Waals surface area contributed by atoms with Gasteiger partial charge in [-0.3, -0.25) is 4.79 Å². The standard InChI is InChI=1S/C21H25NO5/c1-5-26-19-10-16-15(14-8-7-13(24-3)9-18(14)25-4)11-21(23)22-17(16)12-20(19)27-6-2/h7-10,12,15H,5-6,11H2,1-4H3,(H,22,23)/t15-/m0/s1. The van der Waals surface area contributed by atoms with Gasteiger partial charge in [-0.15, -0.1) is 0 Å². The molecule has 0 spiro atoms. The molecule has 0 aromatic heterocycles. The fourth-order valence-corrected chi connectivity index (χ4v) is 3.39. The molecule has 1 N–H and O–H groups in total. The second-order valence-corrected chi connectivity index (χ2v) is 6.16. The molecule has 1 aliphatic heterocycles. The van der Waals surface area contributed by atoms with Crippen LogP contribution in [0.25, 0.3) is 0 Å². The zero-order valence-electron chi connectivity index (χ0n) is 16.1. The number of rotatable bonds is 7. The van der Waals surface area contributed by atoms with E-state index >= 15 is 0 Å². The Morgan fingerprint density at radius 3 is 2.26 bits per heavy atom. The molecule has 0 radical (unpaired) electrons. The summed E-state index contributed by atoms with van der Waals surface area (Å²) in [6, 6.07) is 9.45. The van der Waals surface area contributed by atoms with Gasteiger partial charge in [-0.25, -0.2) is 0 Å². The molecule has 1 aliphatic rings. The lowest BCUT2D eigenvalue weighted by Gasteiger charge is -2.28. The molecule has 0 saturated carbocycles. The second kappa shape index (κ2) is 8.20. The summed E-state index contributed by atoms with van der Waals surface area (Å²) < 4.78 is 22.3. The first kappa shape index (κ1) is 18.9. The number of methoxy groups -OCH3 is 2. The van der Waals surface area contributed by atoms with E-state index in [0.29, 0.717) is 42.6 Å². The molecule has 0 saturated heterocycles. The maximum Gasteiger partial charge on any atom is 0.225 e. The normalized spacial score (nSPS) is 15.6. The molecule has 0 unspecified atom stereocenters. The van der Waals surface area contributed by atoms with Crippen LogP contribution in [-0.2, 0) is 4.79 Å². The highest BCUT2D eigenvalue weighted by atomic mass is 16.5. The molecule has 2 aromatic rings. The number of benzene rings is 2. The quantitative estimate of drug-likeness (QED) is 0.798. The maximum absolute atomic E-state index is 12.4. The van der Waals surface area contributed by atoms with Crippen LogP contribution >= 0.6 is 0 Å². The highest BCUT2D eigenvalue weighted by Gasteiger charge is 2.30. The van der Waals surface area contributed by atoms with E-state index < -0.39 is 0 Å². The van der Waals surface area contributed by atoms with E-state index in [1.807, 2.05) is 44.2 Å². The van der Waals surface area contributed by atoms with Crippen LogP contribution in [0.2, 0.25) is 0 Å². The Morgan fingerprint density at radius 2 is 1.63 bits per heavy atom. The van der Waals surface area contributed by atoms with Gasteiger partial charge < -0.3 is 24.3 Å². The van der Waals surface area contributed by atoms with E-state index in [9.17, 15) is 4.79 Å². The third-order valence-corrected chi connectivity index (χ3v) is 4.57. The van der Waals surface area contributed by atoms with Crippen LogP contribution in [0.15, 0.2) is 30.3 Å². The largest absolute Gasteiger partial charge is 0.497 e. The topological polar surface area (TPSA) is 66.0 Å². The first-order valence-corrected chi connectivity index (χ1v) is 9.06. The predicted molar refractivity (Wildman–Crippen MR) is 103 cm³/mol. The minimum absolute atomic E-state index is 0.0445. The van der Waals surface area contributed by atoms with Crippen LogP contribution in [0.5, 0.6) is 23.0 Å². The van der Waals surface area contributed by atoms with Crippen LogP contribution in [0.3, 0.4) is 0 Å². The van der Waals surface area contributed by atoms with Crippen molar-refractivity contribution in [2.75, 3.05) is 32.8 Å². The Labute approximate surface area is 159 Å². The van der Waals surface area contributed by atoms with E-state index in [4.69, 9.17) is 18.9 Å². The highest BCUT2D eigenvalue weighted by Crippen LogP contribution is 2.45. The van der Waals surface area contributed by atoms with Crippen molar-refractivity contribution in [2.24, 2.45) is 0 Å². The van der Waals surface area contributed by atoms with Gasteiger partial charge in [0.2, 0.25) is 5.91 Å². The van der Waals surface area contributed by atoms with Crippen molar-refractivity contribution in [1.82, 2.24) is 0 Å². The van der Waals surface area contributed by atoms with Crippen LogP contribution < -0.4 is 24.3 Å². The molecule has 2 aromatic carbocycles. The summed E-state index contributed by atoms with van der Waals surface area (Å²) in [6.45, 7) is 4.89. The summed E-state index contributed by atoms with van der Waals surface area (Å²) in [4.78, 5) is 12.4. The molecule has 0 fully saturated rings. The van der Waals surface area contributed by atoms with E-state index in [1.165, 1.54) is 0 Å². The van der Waals surface area contributed by atoms with Gasteiger partial charge in [0, 0.05) is 35.7 Å². The van der Waals surface area contributed by atoms with E-state index in [-0.39, 0.29) is 11.8 Å². The van der Waals surface area contributed by atoms with Gasteiger partial charge in [-0.2, -0.15) is 0 Å². The molecule has 144 valence electrons. The van der Waals surface area contributed by atoms with E-state index in [1.54, 1.807) is 14.2 Å². The lowest BCUT2D eigenvalue weighted by molar-refractivity contribution is -0.116. The number of carbonyl (C=O) groups is 1. The highest BCUT2D eigenvalue weighted by molar-refractivity contribution is 5.96. The smallest absolute Gasteiger partial charge is 0.225 e. The monoisotopic (exact) mass is 371 g/mol. The van der Waals surface area contributed by atoms with Gasteiger partial charge in [0.05, 0.1) is 27.4 Å². The number of hydrogen-bond acceptors (Lipinski definition) is 5. The Hall–Kier alpha value is -2.89. The van der Waals surface area contributed by atoms with Gasteiger partial charge >= 0.3 is 0 Å². The lowest BCUT2D eigenvalue weighted by atomic mass is 9.84. The number of nitrogens with one attached hydrogen (secondary N) is 1. The molecule has 27 heavy (non-hydrogen) atoms. The van der Waals surface area contributed by atoms with Gasteiger partial charge in [0.15, 0.2) is 11.5 Å². The number of ether oxygens (including phenoxy) is 4. The van der Waals surface area contributed by atoms with Gasteiger partial charge in [0.25, 0.3) is 0 Å². The summed E-state index contributed by atoms with van der Waals surface area (Å²) in [5.41, 5.74) is 2.65. The zero-order valence-corrected chi connectivity index (χ0v) is 16.1. The van der Waals surface area contributed by atoms with Crippen LogP contribution in [0.1, 0.15) is 37.3 Å². The Kier molecular flexibility index (Phi) is 5.74. The predicted octanol–water partition coefficient (Wildman–Crippen LogP) is 3.98. The zero-order chi connectivity index (χ0) is 19.4. The van der Waals surface area contributed by atoms with Crippen molar-refractivity contribution in [3.63, 3.8) is 0 Å². The molecule has 0 bridgehead atoms. The number of anilines is 1.